The molecule has 1 saturated heterocycles. The molecule has 172 valence electrons. The van der Waals surface area contributed by atoms with Gasteiger partial charge in [-0.15, -0.1) is 5.06 Å². The lowest BCUT2D eigenvalue weighted by Crippen LogP contribution is -2.61. The van der Waals surface area contributed by atoms with Gasteiger partial charge in [0.05, 0.1) is 11.1 Å². The Kier molecular flexibility index (Phi) is 6.84. The fraction of sp³-hybridized carbons (Fsp3) is 0.450. The maximum Gasteiger partial charge on any atom is 0.303 e. The average molecular weight is 453 g/mol. The number of imide groups is 1. The molecule has 0 unspecified atom stereocenters. The van der Waals surface area contributed by atoms with E-state index in [4.69, 9.17) is 23.8 Å². The van der Waals surface area contributed by atoms with Crippen LogP contribution in [0.15, 0.2) is 24.3 Å². The molecule has 0 saturated carbocycles. The lowest BCUT2D eigenvalue weighted by atomic mass is 10.00. The Morgan fingerprint density at radius 3 is 1.97 bits per heavy atom. The Morgan fingerprint density at radius 2 is 1.47 bits per heavy atom. The van der Waals surface area contributed by atoms with Crippen molar-refractivity contribution in [3.63, 3.8) is 0 Å². The highest BCUT2D eigenvalue weighted by Gasteiger charge is 2.53. The van der Waals surface area contributed by atoms with Crippen molar-refractivity contribution in [1.29, 1.82) is 0 Å². The molecule has 32 heavy (non-hydrogen) atoms. The van der Waals surface area contributed by atoms with Crippen molar-refractivity contribution in [1.82, 2.24) is 5.06 Å². The number of carbonyl (C=O) groups excluding carboxylic acids is 5. The number of amides is 2. The highest BCUT2D eigenvalue weighted by atomic mass is 19.1. The van der Waals surface area contributed by atoms with Gasteiger partial charge < -0.3 is 18.9 Å². The van der Waals surface area contributed by atoms with Crippen LogP contribution in [0.5, 0.6) is 0 Å². The number of fused-ring (bicyclic) bond motifs is 1. The van der Waals surface area contributed by atoms with Crippen LogP contribution in [0.25, 0.3) is 0 Å². The van der Waals surface area contributed by atoms with Crippen LogP contribution < -0.4 is 0 Å². The fourth-order valence-electron chi connectivity index (χ4n) is 3.29. The summed E-state index contributed by atoms with van der Waals surface area (Å²) in [5.41, 5.74) is 0.127. The van der Waals surface area contributed by atoms with Crippen molar-refractivity contribution in [2.45, 2.75) is 51.5 Å². The molecule has 2 aliphatic heterocycles. The molecular formula is C20H20FNO10. The zero-order valence-electron chi connectivity index (χ0n) is 17.3. The van der Waals surface area contributed by atoms with Crippen LogP contribution >= 0.6 is 0 Å². The van der Waals surface area contributed by atoms with Crippen molar-refractivity contribution < 1.29 is 52.1 Å². The molecule has 11 nitrogen and oxygen atoms in total. The van der Waals surface area contributed by atoms with Gasteiger partial charge in [-0.1, -0.05) is 12.1 Å². The third kappa shape index (κ3) is 4.75. The number of hydrogen-bond donors (Lipinski definition) is 0. The van der Waals surface area contributed by atoms with E-state index in [0.717, 1.165) is 20.8 Å². The van der Waals surface area contributed by atoms with E-state index in [9.17, 15) is 24.0 Å². The van der Waals surface area contributed by atoms with Gasteiger partial charge in [0, 0.05) is 20.8 Å². The number of nitrogens with zero attached hydrogens (tertiary/aromatic N) is 1. The number of halogens is 1. The number of hydroxylamine groups is 2. The fourth-order valence-corrected chi connectivity index (χ4v) is 3.29. The number of carbonyl (C=O) groups is 5. The van der Waals surface area contributed by atoms with Crippen LogP contribution in [-0.2, 0) is 38.2 Å². The van der Waals surface area contributed by atoms with Crippen molar-refractivity contribution in [2.75, 3.05) is 6.61 Å². The molecule has 1 aromatic rings. The molecule has 0 aromatic heterocycles. The van der Waals surface area contributed by atoms with Gasteiger partial charge in [0.25, 0.3) is 11.8 Å². The van der Waals surface area contributed by atoms with E-state index in [0.29, 0.717) is 5.06 Å². The van der Waals surface area contributed by atoms with E-state index in [1.807, 2.05) is 0 Å². The van der Waals surface area contributed by atoms with Crippen LogP contribution in [0.3, 0.4) is 0 Å². The van der Waals surface area contributed by atoms with Gasteiger partial charge in [0.15, 0.2) is 18.4 Å². The zero-order chi connectivity index (χ0) is 23.6. The first kappa shape index (κ1) is 23.3. The highest BCUT2D eigenvalue weighted by Crippen LogP contribution is 2.32. The number of benzene rings is 1. The van der Waals surface area contributed by atoms with E-state index in [1.54, 1.807) is 12.1 Å². The lowest BCUT2D eigenvalue weighted by Gasteiger charge is -2.42. The monoisotopic (exact) mass is 453 g/mol. The van der Waals surface area contributed by atoms with Gasteiger partial charge in [-0.25, -0.2) is 9.23 Å². The van der Waals surface area contributed by atoms with Crippen LogP contribution in [0, 0.1) is 0 Å². The number of esters is 3. The molecule has 0 N–H and O–H groups in total. The van der Waals surface area contributed by atoms with Gasteiger partial charge in [-0.05, 0) is 12.1 Å². The summed E-state index contributed by atoms with van der Waals surface area (Å²) in [6, 6.07) is 5.91. The van der Waals surface area contributed by atoms with Crippen LogP contribution in [-0.4, -0.2) is 72.2 Å². The molecule has 0 spiro atoms. The summed E-state index contributed by atoms with van der Waals surface area (Å²) in [5.74, 6) is -4.16. The van der Waals surface area contributed by atoms with Gasteiger partial charge >= 0.3 is 17.9 Å². The van der Waals surface area contributed by atoms with Crippen molar-refractivity contribution in [2.24, 2.45) is 0 Å². The first-order valence-corrected chi connectivity index (χ1v) is 9.52. The minimum absolute atomic E-state index is 0.0636. The Bertz CT molecular complexity index is 915. The molecule has 5 atom stereocenters. The first-order valence-electron chi connectivity index (χ1n) is 9.52. The van der Waals surface area contributed by atoms with Gasteiger partial charge in [0.1, 0.15) is 12.7 Å². The van der Waals surface area contributed by atoms with Crippen LogP contribution in [0.1, 0.15) is 41.5 Å². The predicted octanol–water partition coefficient (Wildman–Crippen LogP) is 0.704. The quantitative estimate of drug-likeness (QED) is 0.344. The van der Waals surface area contributed by atoms with E-state index in [1.165, 1.54) is 12.1 Å². The minimum atomic E-state index is -2.09. The largest absolute Gasteiger partial charge is 0.463 e. The second kappa shape index (κ2) is 9.40. The Balaban J connectivity index is 1.91. The summed E-state index contributed by atoms with van der Waals surface area (Å²) in [6.07, 6.45) is -8.77. The summed E-state index contributed by atoms with van der Waals surface area (Å²) < 4.78 is 35.4. The van der Waals surface area contributed by atoms with Gasteiger partial charge in [-0.3, -0.25) is 24.0 Å². The SMILES string of the molecule is CC(=O)OC[C@H]1O[C@@H](ON2C(=O)c3ccccc3C2=O)[C@H](OC(C)=O)[C@@H](OC(C)=O)[C@H]1F. The Labute approximate surface area is 181 Å². The lowest BCUT2D eigenvalue weighted by molar-refractivity contribution is -0.333. The minimum Gasteiger partial charge on any atom is -0.463 e. The number of rotatable bonds is 6. The van der Waals surface area contributed by atoms with E-state index < -0.39 is 67.1 Å². The first-order chi connectivity index (χ1) is 15.1. The van der Waals surface area contributed by atoms with Crippen LogP contribution in [0.2, 0.25) is 0 Å². The topological polar surface area (TPSA) is 135 Å². The third-order valence-electron chi connectivity index (χ3n) is 4.59. The van der Waals surface area contributed by atoms with E-state index in [-0.39, 0.29) is 11.1 Å². The molecule has 0 bridgehead atoms. The molecule has 2 amide bonds. The van der Waals surface area contributed by atoms with E-state index in [2.05, 4.69) is 0 Å². The molecule has 0 radical (unpaired) electrons. The Hall–Kier alpha value is -3.38. The average Bonchev–Trinajstić information content (AvgIpc) is 2.96. The number of ether oxygens (including phenoxy) is 4. The van der Waals surface area contributed by atoms with Gasteiger partial charge in [-0.2, -0.15) is 0 Å². The standard InChI is InChI=1S/C20H20FNO10/c1-9(23)28-8-14-15(21)16(29-10(2)24)17(30-11(3)25)20(31-14)32-22-18(26)12-6-4-5-7-13(12)19(22)27/h4-7,14-17,20H,8H2,1-3H3/t14-,15+,16+,17-,20+/m1/s1. The third-order valence-corrected chi connectivity index (χ3v) is 4.59. The van der Waals surface area contributed by atoms with Crippen molar-refractivity contribution in [3.8, 4) is 0 Å². The normalized spacial score (nSPS) is 27.0. The predicted molar refractivity (Wildman–Crippen MR) is 99.3 cm³/mol. The molecule has 0 aliphatic carbocycles. The number of alkyl halides is 1. The molecule has 12 heteroatoms. The van der Waals surface area contributed by atoms with Crippen molar-refractivity contribution >= 4 is 29.7 Å². The molecule has 1 fully saturated rings. The molecule has 2 aliphatic rings. The highest BCUT2D eigenvalue weighted by molar-refractivity contribution is 6.20. The van der Waals surface area contributed by atoms with Gasteiger partial charge in [0.2, 0.25) is 6.29 Å². The summed E-state index contributed by atoms with van der Waals surface area (Å²) in [6.45, 7) is 2.52. The second-order valence-electron chi connectivity index (χ2n) is 6.99. The van der Waals surface area contributed by atoms with Crippen molar-refractivity contribution in [3.05, 3.63) is 35.4 Å². The molecule has 1 aromatic carbocycles. The summed E-state index contributed by atoms with van der Waals surface area (Å²) in [5, 5.41) is 0.387. The second-order valence-corrected chi connectivity index (χ2v) is 6.99. The molecule has 3 rings (SSSR count). The zero-order valence-corrected chi connectivity index (χ0v) is 17.3. The maximum atomic E-state index is 15.1. The maximum absolute atomic E-state index is 15.1. The van der Waals surface area contributed by atoms with Crippen LogP contribution in [0.4, 0.5) is 4.39 Å². The van der Waals surface area contributed by atoms with E-state index >= 15 is 4.39 Å². The Morgan fingerprint density at radius 1 is 0.938 bits per heavy atom. The summed E-state index contributed by atoms with van der Waals surface area (Å²) in [7, 11) is 0. The number of hydrogen-bond acceptors (Lipinski definition) is 10. The summed E-state index contributed by atoms with van der Waals surface area (Å²) >= 11 is 0. The smallest absolute Gasteiger partial charge is 0.303 e. The molecule has 2 heterocycles. The molecular weight excluding hydrogens is 433 g/mol. The summed E-state index contributed by atoms with van der Waals surface area (Å²) in [4.78, 5) is 65.0.